The number of hydrogen-bond donors (Lipinski definition) is 0. The van der Waals surface area contributed by atoms with E-state index in [-0.39, 0.29) is 11.0 Å². The van der Waals surface area contributed by atoms with Crippen LogP contribution in [0.4, 0.5) is 5.69 Å². The summed E-state index contributed by atoms with van der Waals surface area (Å²) in [5.74, 6) is 0. The maximum absolute atomic E-state index is 12.9. The first-order chi connectivity index (χ1) is 14.8. The molecule has 1 fully saturated rings. The molecule has 0 atom stereocenters. The molecule has 0 amide bonds. The summed E-state index contributed by atoms with van der Waals surface area (Å²) in [5, 5.41) is 0. The quantitative estimate of drug-likeness (QED) is 0.640. The smallest absolute Gasteiger partial charge is 0.274 e. The zero-order valence-electron chi connectivity index (χ0n) is 19.4. The van der Waals surface area contributed by atoms with Crippen molar-refractivity contribution in [1.82, 2.24) is 14.3 Å². The molecule has 1 saturated heterocycles. The fraction of sp³-hybridized carbons (Fsp3) is 0.423. The SMILES string of the molecule is Cc1c(CN2CCN(c3ccc(C(C)(C)C)cc3)CC2)n(C)n(-c2ccccc2)c1=O. The first kappa shape index (κ1) is 21.4. The molecule has 0 unspecified atom stereocenters. The van der Waals surface area contributed by atoms with Crippen LogP contribution >= 0.6 is 0 Å². The third kappa shape index (κ3) is 4.33. The summed E-state index contributed by atoms with van der Waals surface area (Å²) in [7, 11) is 1.99. The molecule has 1 aromatic heterocycles. The summed E-state index contributed by atoms with van der Waals surface area (Å²) in [6, 6.07) is 18.9. The van der Waals surface area contributed by atoms with Gasteiger partial charge in [-0.2, -0.15) is 0 Å². The second kappa shape index (κ2) is 8.39. The molecule has 1 aliphatic rings. The molecular weight excluding hydrogens is 384 g/mol. The van der Waals surface area contributed by atoms with Gasteiger partial charge in [-0.15, -0.1) is 0 Å². The summed E-state index contributed by atoms with van der Waals surface area (Å²) in [6.45, 7) is 13.5. The van der Waals surface area contributed by atoms with Gasteiger partial charge < -0.3 is 4.90 Å². The average molecular weight is 419 g/mol. The van der Waals surface area contributed by atoms with Gasteiger partial charge in [0.1, 0.15) is 0 Å². The van der Waals surface area contributed by atoms with E-state index in [0.717, 1.165) is 49.7 Å². The van der Waals surface area contributed by atoms with Crippen LogP contribution in [0, 0.1) is 6.92 Å². The molecule has 0 radical (unpaired) electrons. The molecule has 0 N–H and O–H groups in total. The van der Waals surface area contributed by atoms with Gasteiger partial charge in [-0.05, 0) is 42.2 Å². The highest BCUT2D eigenvalue weighted by molar-refractivity contribution is 5.49. The molecule has 2 aromatic carbocycles. The number of piperazine rings is 1. The van der Waals surface area contributed by atoms with Gasteiger partial charge >= 0.3 is 0 Å². The number of anilines is 1. The Labute approximate surface area is 185 Å². The highest BCUT2D eigenvalue weighted by atomic mass is 16.1. The molecule has 31 heavy (non-hydrogen) atoms. The molecule has 164 valence electrons. The summed E-state index contributed by atoms with van der Waals surface area (Å²) < 4.78 is 3.79. The Morgan fingerprint density at radius 3 is 2.03 bits per heavy atom. The Hall–Kier alpha value is -2.79. The minimum absolute atomic E-state index is 0.0706. The van der Waals surface area contributed by atoms with Crippen LogP contribution in [0.2, 0.25) is 0 Å². The lowest BCUT2D eigenvalue weighted by molar-refractivity contribution is 0.242. The van der Waals surface area contributed by atoms with Gasteiger partial charge in [0, 0.05) is 51.0 Å². The maximum Gasteiger partial charge on any atom is 0.274 e. The predicted octanol–water partition coefficient (Wildman–Crippen LogP) is 4.10. The second-order valence-electron chi connectivity index (χ2n) is 9.61. The molecule has 0 bridgehead atoms. The molecule has 1 aliphatic heterocycles. The third-order valence-corrected chi connectivity index (χ3v) is 6.48. The van der Waals surface area contributed by atoms with Crippen LogP contribution in [-0.4, -0.2) is 40.4 Å². The molecule has 4 rings (SSSR count). The number of para-hydroxylation sites is 1. The lowest BCUT2D eigenvalue weighted by Crippen LogP contribution is -2.46. The van der Waals surface area contributed by atoms with Crippen molar-refractivity contribution in [1.29, 1.82) is 0 Å². The second-order valence-corrected chi connectivity index (χ2v) is 9.61. The number of hydrogen-bond acceptors (Lipinski definition) is 3. The Morgan fingerprint density at radius 2 is 1.45 bits per heavy atom. The van der Waals surface area contributed by atoms with Crippen molar-refractivity contribution in [3.63, 3.8) is 0 Å². The van der Waals surface area contributed by atoms with Gasteiger partial charge in [0.2, 0.25) is 0 Å². The maximum atomic E-state index is 12.9. The number of rotatable bonds is 4. The zero-order chi connectivity index (χ0) is 22.2. The van der Waals surface area contributed by atoms with Crippen molar-refractivity contribution in [3.8, 4) is 5.69 Å². The van der Waals surface area contributed by atoms with Crippen molar-refractivity contribution in [3.05, 3.63) is 81.8 Å². The molecule has 2 heterocycles. The normalized spacial score (nSPS) is 15.5. The van der Waals surface area contributed by atoms with Gasteiger partial charge in [-0.3, -0.25) is 14.4 Å². The Kier molecular flexibility index (Phi) is 5.80. The van der Waals surface area contributed by atoms with E-state index >= 15 is 0 Å². The van der Waals surface area contributed by atoms with Gasteiger partial charge in [-0.25, -0.2) is 4.68 Å². The van der Waals surface area contributed by atoms with Gasteiger partial charge in [-0.1, -0.05) is 51.1 Å². The standard InChI is InChI=1S/C26H34N4O/c1-20-24(27(5)30(25(20)31)23-9-7-6-8-10-23)19-28-15-17-29(18-16-28)22-13-11-21(12-14-22)26(2,3)4/h6-14H,15-19H2,1-5H3. The molecule has 0 aliphatic carbocycles. The molecule has 5 heteroatoms. The first-order valence-electron chi connectivity index (χ1n) is 11.2. The molecule has 0 saturated carbocycles. The predicted molar refractivity (Wildman–Crippen MR) is 128 cm³/mol. The van der Waals surface area contributed by atoms with Crippen LogP contribution in [0.3, 0.4) is 0 Å². The van der Waals surface area contributed by atoms with Crippen LogP contribution in [0.25, 0.3) is 5.69 Å². The summed E-state index contributed by atoms with van der Waals surface area (Å²) in [4.78, 5) is 17.8. The number of benzene rings is 2. The van der Waals surface area contributed by atoms with Crippen LogP contribution in [-0.2, 0) is 19.0 Å². The van der Waals surface area contributed by atoms with Crippen molar-refractivity contribution < 1.29 is 0 Å². The van der Waals surface area contributed by atoms with Crippen molar-refractivity contribution in [2.24, 2.45) is 7.05 Å². The van der Waals surface area contributed by atoms with Crippen molar-refractivity contribution >= 4 is 5.69 Å². The average Bonchev–Trinajstić information content (AvgIpc) is 2.97. The number of aromatic nitrogens is 2. The lowest BCUT2D eigenvalue weighted by atomic mass is 9.87. The van der Waals surface area contributed by atoms with E-state index in [1.165, 1.54) is 11.3 Å². The van der Waals surface area contributed by atoms with E-state index in [1.807, 2.05) is 49.0 Å². The summed E-state index contributed by atoms with van der Waals surface area (Å²) in [5.41, 5.74) is 5.76. The topological polar surface area (TPSA) is 33.4 Å². The van der Waals surface area contributed by atoms with Gasteiger partial charge in [0.25, 0.3) is 5.56 Å². The van der Waals surface area contributed by atoms with E-state index in [1.54, 1.807) is 4.68 Å². The van der Waals surface area contributed by atoms with Crippen molar-refractivity contribution in [2.45, 2.75) is 39.7 Å². The molecule has 0 spiro atoms. The fourth-order valence-electron chi connectivity index (χ4n) is 4.41. The third-order valence-electron chi connectivity index (χ3n) is 6.48. The van der Waals surface area contributed by atoms with Crippen LogP contribution in [0.5, 0.6) is 0 Å². The number of nitrogens with zero attached hydrogens (tertiary/aromatic N) is 4. The summed E-state index contributed by atoms with van der Waals surface area (Å²) >= 11 is 0. The van der Waals surface area contributed by atoms with E-state index in [4.69, 9.17) is 0 Å². The van der Waals surface area contributed by atoms with Crippen molar-refractivity contribution in [2.75, 3.05) is 31.1 Å². The Morgan fingerprint density at radius 1 is 0.839 bits per heavy atom. The molecule has 3 aromatic rings. The zero-order valence-corrected chi connectivity index (χ0v) is 19.4. The minimum Gasteiger partial charge on any atom is -0.369 e. The highest BCUT2D eigenvalue weighted by Gasteiger charge is 2.22. The molecule has 5 nitrogen and oxygen atoms in total. The fourth-order valence-corrected chi connectivity index (χ4v) is 4.41. The van der Waals surface area contributed by atoms with Crippen LogP contribution in [0.15, 0.2) is 59.4 Å². The molecular formula is C26H34N4O. The Bertz CT molecular complexity index is 1080. The van der Waals surface area contributed by atoms with E-state index < -0.39 is 0 Å². The van der Waals surface area contributed by atoms with E-state index in [2.05, 4.69) is 54.8 Å². The first-order valence-corrected chi connectivity index (χ1v) is 11.2. The largest absolute Gasteiger partial charge is 0.369 e. The van der Waals surface area contributed by atoms with Gasteiger partial charge in [0.05, 0.1) is 11.4 Å². The van der Waals surface area contributed by atoms with Crippen LogP contribution < -0.4 is 10.5 Å². The van der Waals surface area contributed by atoms with Crippen LogP contribution in [0.1, 0.15) is 37.6 Å². The van der Waals surface area contributed by atoms with Gasteiger partial charge in [0.15, 0.2) is 0 Å². The van der Waals surface area contributed by atoms with E-state index in [0.29, 0.717) is 0 Å². The Balaban J connectivity index is 1.44. The summed E-state index contributed by atoms with van der Waals surface area (Å²) in [6.07, 6.45) is 0. The highest BCUT2D eigenvalue weighted by Crippen LogP contribution is 2.25. The minimum atomic E-state index is 0.0706. The monoisotopic (exact) mass is 418 g/mol. The lowest BCUT2D eigenvalue weighted by Gasteiger charge is -2.36. The van der Waals surface area contributed by atoms with E-state index in [9.17, 15) is 4.79 Å².